The number of piperidine rings is 1. The Kier molecular flexibility index (Phi) is 42.9. The highest BCUT2D eigenvalue weighted by Gasteiger charge is 2.67. The number of nitrogens with one attached hydrogen (secondary N) is 7. The van der Waals surface area contributed by atoms with E-state index in [0.29, 0.717) is 72.1 Å². The van der Waals surface area contributed by atoms with Gasteiger partial charge in [-0.15, -0.1) is 11.3 Å². The number of alkyl halides is 3. The molecule has 15 rings (SSSR count). The van der Waals surface area contributed by atoms with Crippen molar-refractivity contribution in [2.75, 3.05) is 83.5 Å². The van der Waals surface area contributed by atoms with Crippen molar-refractivity contribution < 1.29 is 85.3 Å². The summed E-state index contributed by atoms with van der Waals surface area (Å²) in [6.45, 7) is 13.8. The molecule has 0 spiro atoms. The molecule has 772 valence electrons. The average Bonchev–Trinajstić information content (AvgIpc) is 1.60. The second kappa shape index (κ2) is 55.8. The van der Waals surface area contributed by atoms with Crippen LogP contribution < -0.4 is 42.1 Å². The Morgan fingerprint density at radius 3 is 1.97 bits per heavy atom. The zero-order valence-corrected chi connectivity index (χ0v) is 86.6. The second-order valence-corrected chi connectivity index (χ2v) is 38.8. The van der Waals surface area contributed by atoms with Gasteiger partial charge in [0.25, 0.3) is 23.4 Å². The van der Waals surface area contributed by atoms with Gasteiger partial charge in [0, 0.05) is 122 Å². The van der Waals surface area contributed by atoms with E-state index < -0.39 is 53.1 Å². The van der Waals surface area contributed by atoms with E-state index in [0.717, 1.165) is 109 Å². The maximum absolute atomic E-state index is 14.5. The summed E-state index contributed by atoms with van der Waals surface area (Å²) < 4.78 is 65.4. The van der Waals surface area contributed by atoms with Gasteiger partial charge < -0.3 is 70.3 Å². The molecule has 11 aromatic rings. The summed E-state index contributed by atoms with van der Waals surface area (Å²) in [6, 6.07) is 79.2. The van der Waals surface area contributed by atoms with Gasteiger partial charge in [0.15, 0.2) is 0 Å². The van der Waals surface area contributed by atoms with E-state index in [4.69, 9.17) is 28.8 Å². The number of allylic oxidation sites excluding steroid dienone is 1. The van der Waals surface area contributed by atoms with Gasteiger partial charge in [-0.05, 0) is 201 Å². The van der Waals surface area contributed by atoms with Gasteiger partial charge in [0.1, 0.15) is 40.9 Å². The number of nitrogens with zero attached hydrogens (tertiary/aromatic N) is 7. The zero-order valence-electron chi connectivity index (χ0n) is 83.4. The Morgan fingerprint density at radius 2 is 1.38 bits per heavy atom. The van der Waals surface area contributed by atoms with Gasteiger partial charge in [0.05, 0.1) is 67.4 Å². The molecule has 2 fully saturated rings. The Hall–Kier alpha value is -14.4. The van der Waals surface area contributed by atoms with E-state index >= 15 is 0 Å². The SMILES string of the molecule is CC(C)C1N=C(Cc2cccnc2)N(CCCN2CCCC2=O)C1C(=O)NCc1ccccc1.CCOC(=O)C(NC(=O)c1ccccc1)(N1CCC(Cc2ccccc2)CC1)C(F)(F)F.COc1ccc(C(OCCC(=O)NO)c2ccccc2)cc1.Cc1ccc(C(=O)N/C(=C/c2ccco2)C(=O)N(C)C)cc1.Cc1ccccc1NC(=O)C1C(c2cccs2)C(C#N)=C(SCC(=O)Nc2ccc(Br)cc2)NC1(C)O. The van der Waals surface area contributed by atoms with Crippen LogP contribution in [0.4, 0.5) is 24.5 Å². The molecule has 4 aliphatic rings. The van der Waals surface area contributed by atoms with Crippen LogP contribution in [0.3, 0.4) is 0 Å². The lowest BCUT2D eigenvalue weighted by Crippen LogP contribution is -2.74. The molecule has 29 nitrogen and oxygen atoms in total. The Labute approximate surface area is 871 Å². The molecule has 8 aromatic carbocycles. The first-order chi connectivity index (χ1) is 70.7. The van der Waals surface area contributed by atoms with E-state index in [1.54, 1.807) is 93.5 Å². The van der Waals surface area contributed by atoms with Crippen molar-refractivity contribution in [1.82, 2.24) is 51.3 Å². The highest BCUT2D eigenvalue weighted by atomic mass is 79.9. The van der Waals surface area contributed by atoms with Crippen LogP contribution in [-0.4, -0.2) is 197 Å². The number of likely N-dealkylation sites (N-methyl/N-ethyl adjacent to an activating group) is 1. The van der Waals surface area contributed by atoms with E-state index in [1.807, 2.05) is 218 Å². The van der Waals surface area contributed by atoms with E-state index in [1.165, 1.54) is 54.6 Å². The predicted molar refractivity (Wildman–Crippen MR) is 565 cm³/mol. The van der Waals surface area contributed by atoms with Gasteiger partial charge in [0.2, 0.25) is 29.5 Å². The van der Waals surface area contributed by atoms with Crippen LogP contribution in [0.1, 0.15) is 149 Å². The number of aryl methyl sites for hydroxylation is 2. The number of ether oxygens (including phenoxy) is 3. The number of hydrogen-bond donors (Lipinski definition) is 9. The largest absolute Gasteiger partial charge is 0.497 e. The molecule has 147 heavy (non-hydrogen) atoms. The van der Waals surface area contributed by atoms with Crippen molar-refractivity contribution in [1.29, 1.82) is 5.26 Å². The minimum absolute atomic E-state index is 0.00439. The number of aromatic nitrogens is 1. The normalized spacial score (nSPS) is 17.2. The molecule has 2 saturated heterocycles. The third-order valence-electron chi connectivity index (χ3n) is 24.7. The number of hydrogen-bond acceptors (Lipinski definition) is 23. The molecule has 3 aromatic heterocycles. The summed E-state index contributed by atoms with van der Waals surface area (Å²) in [5, 5.41) is 49.0. The van der Waals surface area contributed by atoms with Crippen molar-refractivity contribution in [2.45, 2.75) is 141 Å². The minimum atomic E-state index is -5.07. The lowest BCUT2D eigenvalue weighted by atomic mass is 9.76. The Morgan fingerprint density at radius 1 is 0.741 bits per heavy atom. The highest BCUT2D eigenvalue weighted by Crippen LogP contribution is 2.47. The number of furan rings is 1. The summed E-state index contributed by atoms with van der Waals surface area (Å²) in [5.74, 6) is -3.11. The van der Waals surface area contributed by atoms with Crippen LogP contribution >= 0.6 is 39.0 Å². The number of hydroxylamine groups is 1. The molecule has 7 unspecified atom stereocenters. The van der Waals surface area contributed by atoms with Crippen molar-refractivity contribution >= 4 is 116 Å². The summed E-state index contributed by atoms with van der Waals surface area (Å²) in [6.07, 6.45) is 6.10. The molecular weight excluding hydrogens is 1980 g/mol. The monoisotopic (exact) mass is 2100 g/mol. The van der Waals surface area contributed by atoms with Gasteiger partial charge in [-0.25, -0.2) is 10.3 Å². The quantitative estimate of drug-likeness (QED) is 0.00771. The molecule has 7 heterocycles. The number of carbonyl (C=O) groups excluding carboxylic acids is 9. The molecule has 8 amide bonds. The Bertz CT molecular complexity index is 6270. The lowest BCUT2D eigenvalue weighted by Gasteiger charge is -2.45. The number of para-hydroxylation sites is 1. The van der Waals surface area contributed by atoms with Crippen LogP contribution in [-0.2, 0) is 62.4 Å². The third-order valence-corrected chi connectivity index (χ3v) is 27.2. The first-order valence-corrected chi connectivity index (χ1v) is 50.9. The standard InChI is InChI=1S/C27H25BrN4O3S2.C27H35N5O2.C24H27F3N2O3.C17H18N2O3.C17H19NO4/c1-16-6-3-4-7-20(16)31-25(34)24-23(21-8-5-13-36-21)19(14-29)26(32-27(24,2)35)37-15-22(33)30-18-11-9-17(28)10-12-18;1-20(2)25-26(27(34)29-19-21-9-4-3-5-10-21)32(16-8-15-31-14-7-12-24(31)33)23(30-25)17-22-11-6-13-28-18-22;1-2-32-22(31)23(24(25,26)27,28-21(30)20-11-7-4-8-12-20)29-15-13-19(14-16-29)17-18-9-5-3-6-10-18;1-12-6-8-13(9-7-12)16(20)18-15(17(21)19(2)3)11-14-5-4-10-22-14;1-21-15-9-7-14(8-10-15)17(13-5-3-2-4-6-13)22-12-11-16(19)18-20/h3-13,23-24,32,35H,15H2,1-2H3,(H,30,33)(H,31,34);3-6,9-11,13,18,20,25-26H,7-8,12,14-17,19H2,1-2H3,(H,29,34);3-12,19H,2,13-17H2,1H3,(H,28,30);4-11H,1-3H3,(H,18,20);2-10,17,20H,11-12H2,1H3,(H,18,19)/b;;;15-11+;. The number of esters is 1. The van der Waals surface area contributed by atoms with Crippen LogP contribution in [0.15, 0.2) is 309 Å². The van der Waals surface area contributed by atoms with Crippen LogP contribution in [0.2, 0.25) is 0 Å². The highest BCUT2D eigenvalue weighted by molar-refractivity contribution is 9.10. The number of amidine groups is 1. The molecule has 0 saturated carbocycles. The average molecular weight is 2110 g/mol. The number of carbonyl (C=O) groups is 9. The molecular formula is C112H124BrF3N14O15S2. The minimum Gasteiger partial charge on any atom is -0.497 e. The first-order valence-electron chi connectivity index (χ1n) is 48.2. The van der Waals surface area contributed by atoms with Gasteiger partial charge in [-0.2, -0.15) is 18.4 Å². The van der Waals surface area contributed by atoms with E-state index in [9.17, 15) is 66.7 Å². The van der Waals surface area contributed by atoms with Gasteiger partial charge >= 0.3 is 12.1 Å². The molecule has 0 bridgehead atoms. The molecule has 35 heteroatoms. The number of amides is 8. The second-order valence-electron chi connectivity index (χ2n) is 35.9. The number of methoxy groups -OCH3 is 1. The molecule has 7 atom stereocenters. The number of thiophene rings is 1. The number of aliphatic hydroxyl groups is 1. The van der Waals surface area contributed by atoms with E-state index in [2.05, 4.69) is 72.3 Å². The number of aliphatic imine (C=N–C) groups is 1. The lowest BCUT2D eigenvalue weighted by molar-refractivity contribution is -0.249. The summed E-state index contributed by atoms with van der Waals surface area (Å²) in [4.78, 5) is 129. The molecule has 0 aliphatic carbocycles. The maximum Gasteiger partial charge on any atom is 0.436 e. The fraction of sp³-hybridized carbons (Fsp3) is 0.321. The van der Waals surface area contributed by atoms with Crippen molar-refractivity contribution in [3.05, 3.63) is 360 Å². The van der Waals surface area contributed by atoms with Crippen molar-refractivity contribution in [2.24, 2.45) is 22.7 Å². The van der Waals surface area contributed by atoms with Crippen LogP contribution in [0, 0.1) is 42.9 Å². The summed E-state index contributed by atoms with van der Waals surface area (Å²) in [5.41, 5.74) is 6.13. The van der Waals surface area contributed by atoms with Crippen LogP contribution in [0.25, 0.3) is 6.08 Å². The number of rotatable bonds is 35. The number of halogens is 4. The number of anilines is 2. The van der Waals surface area contributed by atoms with Crippen molar-refractivity contribution in [3.8, 4) is 11.8 Å². The summed E-state index contributed by atoms with van der Waals surface area (Å²) in [7, 11) is 4.86. The fourth-order valence-electron chi connectivity index (χ4n) is 17.1. The smallest absolute Gasteiger partial charge is 0.436 e. The maximum atomic E-state index is 14.5. The third kappa shape index (κ3) is 32.6. The fourth-order valence-corrected chi connectivity index (χ4v) is 19.2. The Balaban J connectivity index is 0.000000177. The predicted octanol–water partition coefficient (Wildman–Crippen LogP) is 18.0. The van der Waals surface area contributed by atoms with Gasteiger partial charge in [-0.1, -0.05) is 211 Å². The first kappa shape index (κ1) is 113. The topological polar surface area (TPSA) is 381 Å². The number of nitriles is 1. The number of thioether (sulfide) groups is 1. The van der Waals surface area contributed by atoms with E-state index in [-0.39, 0.29) is 109 Å². The molecule has 0 radical (unpaired) electrons. The summed E-state index contributed by atoms with van der Waals surface area (Å²) >= 11 is 5.90. The van der Waals surface area contributed by atoms with Gasteiger partial charge in [-0.3, -0.25) is 58.4 Å². The zero-order chi connectivity index (χ0) is 106. The van der Waals surface area contributed by atoms with Crippen molar-refractivity contribution in [3.63, 3.8) is 0 Å². The molecule has 4 aliphatic heterocycles. The number of pyridine rings is 1. The van der Waals surface area contributed by atoms with Crippen LogP contribution in [0.5, 0.6) is 5.75 Å². The molecule has 9 N–H and O–H groups in total. The number of benzene rings is 8. The number of likely N-dealkylation sites (tertiary alicyclic amines) is 2.